The molecule has 1 heterocycles. The van der Waals surface area contributed by atoms with E-state index in [0.29, 0.717) is 15.8 Å². The highest BCUT2D eigenvalue weighted by atomic mass is 79.9. The van der Waals surface area contributed by atoms with Crippen molar-refractivity contribution in [2.24, 2.45) is 0 Å². The van der Waals surface area contributed by atoms with E-state index >= 15 is 0 Å². The van der Waals surface area contributed by atoms with Gasteiger partial charge in [0.05, 0.1) is 5.56 Å². The number of hydrogen-bond acceptors (Lipinski definition) is 3. The van der Waals surface area contributed by atoms with Gasteiger partial charge in [0.15, 0.2) is 0 Å². The summed E-state index contributed by atoms with van der Waals surface area (Å²) in [6.07, 6.45) is 0. The maximum absolute atomic E-state index is 10.9. The highest BCUT2D eigenvalue weighted by molar-refractivity contribution is 9.10. The van der Waals surface area contributed by atoms with Gasteiger partial charge in [0, 0.05) is 24.8 Å². The molecule has 2 nitrogen and oxygen atoms in total. The van der Waals surface area contributed by atoms with Crippen LogP contribution in [0.25, 0.3) is 10.1 Å². The molecule has 0 aliphatic rings. The molecule has 0 fully saturated rings. The lowest BCUT2D eigenvalue weighted by atomic mass is 10.2. The van der Waals surface area contributed by atoms with Crippen LogP contribution in [0, 0.1) is 0 Å². The summed E-state index contributed by atoms with van der Waals surface area (Å²) in [6, 6.07) is 3.69. The van der Waals surface area contributed by atoms with Gasteiger partial charge >= 0.3 is 5.97 Å². The van der Waals surface area contributed by atoms with Gasteiger partial charge in [-0.1, -0.05) is 15.9 Å². The summed E-state index contributed by atoms with van der Waals surface area (Å²) in [5.74, 6) is -0.908. The largest absolute Gasteiger partial charge is 0.478 e. The van der Waals surface area contributed by atoms with Crippen LogP contribution in [0.15, 0.2) is 26.9 Å². The van der Waals surface area contributed by atoms with Crippen molar-refractivity contribution in [3.05, 3.63) is 27.5 Å². The summed E-state index contributed by atoms with van der Waals surface area (Å²) in [5.41, 5.74) is 0.322. The molecule has 2 aromatic rings. The molecule has 0 spiro atoms. The molecule has 5 heteroatoms. The Bertz CT molecular complexity index is 519. The minimum Gasteiger partial charge on any atom is -0.478 e. The average Bonchev–Trinajstić information content (AvgIpc) is 2.47. The van der Waals surface area contributed by atoms with Crippen molar-refractivity contribution in [3.63, 3.8) is 0 Å². The molecule has 0 unspecified atom stereocenters. The second kappa shape index (κ2) is 3.56. The van der Waals surface area contributed by atoms with Crippen molar-refractivity contribution in [2.75, 3.05) is 0 Å². The van der Waals surface area contributed by atoms with Gasteiger partial charge in [-0.2, -0.15) is 0 Å². The first-order chi connectivity index (χ1) is 6.59. The summed E-state index contributed by atoms with van der Waals surface area (Å²) in [5, 5.41) is 11.3. The standard InChI is InChI=1S/C9H5BrO2S2/c10-4-1-6(13)8-5(9(11)12)3-14-7(8)2-4/h1-3,13H,(H,11,12). The summed E-state index contributed by atoms with van der Waals surface area (Å²) in [6.45, 7) is 0. The Hall–Kier alpha value is -0.520. The Morgan fingerprint density at radius 2 is 2.21 bits per heavy atom. The van der Waals surface area contributed by atoms with Crippen LogP contribution < -0.4 is 0 Å². The van der Waals surface area contributed by atoms with Crippen LogP contribution >= 0.6 is 39.9 Å². The molecule has 1 aromatic heterocycles. The maximum atomic E-state index is 10.9. The fourth-order valence-electron chi connectivity index (χ4n) is 1.27. The Labute approximate surface area is 98.1 Å². The van der Waals surface area contributed by atoms with Crippen molar-refractivity contribution < 1.29 is 9.90 Å². The van der Waals surface area contributed by atoms with Crippen LogP contribution in [0.2, 0.25) is 0 Å². The van der Waals surface area contributed by atoms with Crippen molar-refractivity contribution >= 4 is 56.0 Å². The molecule has 1 N–H and O–H groups in total. The number of rotatable bonds is 1. The van der Waals surface area contributed by atoms with Gasteiger partial charge in [-0.3, -0.25) is 0 Å². The van der Waals surface area contributed by atoms with Crippen LogP contribution in [-0.2, 0) is 0 Å². The van der Waals surface area contributed by atoms with Crippen molar-refractivity contribution in [1.29, 1.82) is 0 Å². The normalized spacial score (nSPS) is 10.7. The molecular formula is C9H5BrO2S2. The van der Waals surface area contributed by atoms with E-state index in [1.54, 1.807) is 11.4 Å². The summed E-state index contributed by atoms with van der Waals surface area (Å²) >= 11 is 9.01. The molecule has 0 saturated carbocycles. The molecule has 0 atom stereocenters. The SMILES string of the molecule is O=C(O)c1csc2cc(Br)cc(S)c12. The predicted molar refractivity (Wildman–Crippen MR) is 63.7 cm³/mol. The number of carbonyl (C=O) groups is 1. The zero-order valence-corrected chi connectivity index (χ0v) is 10.1. The number of thiol groups is 1. The lowest BCUT2D eigenvalue weighted by Gasteiger charge is -1.98. The third-order valence-electron chi connectivity index (χ3n) is 1.85. The van der Waals surface area contributed by atoms with E-state index in [1.807, 2.05) is 6.07 Å². The van der Waals surface area contributed by atoms with Gasteiger partial charge in [-0.05, 0) is 12.1 Å². The number of thiophene rings is 1. The minimum absolute atomic E-state index is 0.322. The molecule has 0 bridgehead atoms. The van der Waals surface area contributed by atoms with E-state index in [9.17, 15) is 4.79 Å². The number of benzene rings is 1. The van der Waals surface area contributed by atoms with Crippen LogP contribution in [0.1, 0.15) is 10.4 Å². The minimum atomic E-state index is -0.908. The third kappa shape index (κ3) is 1.55. The first kappa shape index (κ1) is 10.0. The number of hydrogen-bond donors (Lipinski definition) is 2. The first-order valence-electron chi connectivity index (χ1n) is 3.72. The lowest BCUT2D eigenvalue weighted by molar-refractivity contribution is 0.0699. The van der Waals surface area contributed by atoms with Crippen LogP contribution in [0.5, 0.6) is 0 Å². The smallest absolute Gasteiger partial charge is 0.337 e. The van der Waals surface area contributed by atoms with Crippen molar-refractivity contribution in [1.82, 2.24) is 0 Å². The van der Waals surface area contributed by atoms with E-state index < -0.39 is 5.97 Å². The summed E-state index contributed by atoms with van der Waals surface area (Å²) < 4.78 is 1.84. The van der Waals surface area contributed by atoms with E-state index in [4.69, 9.17) is 5.11 Å². The van der Waals surface area contributed by atoms with E-state index in [-0.39, 0.29) is 0 Å². The topological polar surface area (TPSA) is 37.3 Å². The second-order valence-corrected chi connectivity index (χ2v) is 5.06. The lowest BCUT2D eigenvalue weighted by Crippen LogP contribution is -1.93. The summed E-state index contributed by atoms with van der Waals surface area (Å²) in [7, 11) is 0. The van der Waals surface area contributed by atoms with E-state index in [1.165, 1.54) is 11.3 Å². The van der Waals surface area contributed by atoms with Gasteiger partial charge < -0.3 is 5.11 Å². The van der Waals surface area contributed by atoms with Gasteiger partial charge in [0.25, 0.3) is 0 Å². The van der Waals surface area contributed by atoms with Crippen LogP contribution in [0.3, 0.4) is 0 Å². The number of aromatic carboxylic acids is 1. The molecule has 1 aromatic carbocycles. The number of carboxylic acid groups (broad SMARTS) is 1. The van der Waals surface area contributed by atoms with Crippen LogP contribution in [-0.4, -0.2) is 11.1 Å². The molecule has 2 rings (SSSR count). The third-order valence-corrected chi connectivity index (χ3v) is 3.59. The maximum Gasteiger partial charge on any atom is 0.337 e. The van der Waals surface area contributed by atoms with Gasteiger partial charge in [0.2, 0.25) is 0 Å². The molecule has 0 saturated heterocycles. The number of fused-ring (bicyclic) bond motifs is 1. The molecule has 0 aliphatic carbocycles. The zero-order chi connectivity index (χ0) is 10.3. The Morgan fingerprint density at radius 3 is 2.86 bits per heavy atom. The highest BCUT2D eigenvalue weighted by Gasteiger charge is 2.13. The molecule has 0 amide bonds. The van der Waals surface area contributed by atoms with Gasteiger partial charge in [-0.15, -0.1) is 24.0 Å². The molecule has 72 valence electrons. The second-order valence-electron chi connectivity index (χ2n) is 2.75. The van der Waals surface area contributed by atoms with Crippen LogP contribution in [0.4, 0.5) is 0 Å². The zero-order valence-electron chi connectivity index (χ0n) is 6.82. The molecule has 0 aliphatic heterocycles. The fraction of sp³-hybridized carbons (Fsp3) is 0. The highest BCUT2D eigenvalue weighted by Crippen LogP contribution is 2.34. The fourth-order valence-corrected chi connectivity index (χ4v) is 3.51. The van der Waals surface area contributed by atoms with Crippen molar-refractivity contribution in [3.8, 4) is 0 Å². The monoisotopic (exact) mass is 288 g/mol. The van der Waals surface area contributed by atoms with E-state index in [0.717, 1.165) is 9.17 Å². The Kier molecular flexibility index (Phi) is 2.55. The quantitative estimate of drug-likeness (QED) is 0.786. The average molecular weight is 289 g/mol. The van der Waals surface area contributed by atoms with Gasteiger partial charge in [0.1, 0.15) is 0 Å². The van der Waals surface area contributed by atoms with Gasteiger partial charge in [-0.25, -0.2) is 4.79 Å². The number of halogens is 1. The molecular weight excluding hydrogens is 284 g/mol. The first-order valence-corrected chi connectivity index (χ1v) is 5.84. The van der Waals surface area contributed by atoms with Crippen molar-refractivity contribution in [2.45, 2.75) is 4.90 Å². The summed E-state index contributed by atoms with van der Waals surface area (Å²) in [4.78, 5) is 11.6. The number of carboxylic acids is 1. The van der Waals surface area contributed by atoms with E-state index in [2.05, 4.69) is 28.6 Å². The molecule has 14 heavy (non-hydrogen) atoms. The Balaban J connectivity index is 2.85. The Morgan fingerprint density at radius 1 is 1.50 bits per heavy atom. The predicted octanol–water partition coefficient (Wildman–Crippen LogP) is 3.65. The molecule has 0 radical (unpaired) electrons.